The van der Waals surface area contributed by atoms with Crippen LogP contribution < -0.4 is 17.2 Å². The number of rotatable bonds is 3. The van der Waals surface area contributed by atoms with E-state index in [1.54, 1.807) is 18.2 Å². The fourth-order valence-electron chi connectivity index (χ4n) is 1.79. The number of hydrogen-bond acceptors (Lipinski definition) is 5. The highest BCUT2D eigenvalue weighted by atomic mass is 32.2. The van der Waals surface area contributed by atoms with E-state index in [2.05, 4.69) is 0 Å². The number of sulfone groups is 1. The molecule has 6 N–H and O–H groups in total. The molecule has 0 aromatic heterocycles. The van der Waals surface area contributed by atoms with Crippen molar-refractivity contribution in [2.45, 2.75) is 9.79 Å². The Balaban J connectivity index is 2.66. The second kappa shape index (κ2) is 4.86. The topological polar surface area (TPSA) is 129 Å². The summed E-state index contributed by atoms with van der Waals surface area (Å²) < 4.78 is 24.9. The van der Waals surface area contributed by atoms with Crippen LogP contribution in [-0.2, 0) is 9.84 Å². The first-order chi connectivity index (χ1) is 9.35. The summed E-state index contributed by atoms with van der Waals surface area (Å²) in [6.45, 7) is 0. The minimum atomic E-state index is -3.79. The van der Waals surface area contributed by atoms with Gasteiger partial charge in [-0.2, -0.15) is 0 Å². The van der Waals surface area contributed by atoms with E-state index in [0.29, 0.717) is 0 Å². The van der Waals surface area contributed by atoms with Crippen molar-refractivity contribution < 1.29 is 13.2 Å². The van der Waals surface area contributed by atoms with E-state index < -0.39 is 15.7 Å². The van der Waals surface area contributed by atoms with Crippen LogP contribution in [0.4, 0.5) is 11.4 Å². The summed E-state index contributed by atoms with van der Waals surface area (Å²) in [6.07, 6.45) is 0. The second-order valence-electron chi connectivity index (χ2n) is 4.12. The minimum absolute atomic E-state index is 0.00508. The molecule has 0 bridgehead atoms. The molecule has 104 valence electrons. The zero-order valence-electron chi connectivity index (χ0n) is 10.4. The van der Waals surface area contributed by atoms with Gasteiger partial charge in [-0.05, 0) is 24.3 Å². The summed E-state index contributed by atoms with van der Waals surface area (Å²) in [5.74, 6) is -0.766. The fraction of sp³-hybridized carbons (Fsp3) is 0. The highest BCUT2D eigenvalue weighted by Gasteiger charge is 2.23. The molecule has 0 unspecified atom stereocenters. The van der Waals surface area contributed by atoms with Crippen LogP contribution in [0, 0.1) is 0 Å². The third-order valence-electron chi connectivity index (χ3n) is 2.86. The van der Waals surface area contributed by atoms with Gasteiger partial charge in [-0.3, -0.25) is 4.79 Å². The maximum atomic E-state index is 12.4. The Morgan fingerprint density at radius 1 is 0.900 bits per heavy atom. The Labute approximate surface area is 116 Å². The monoisotopic (exact) mass is 291 g/mol. The van der Waals surface area contributed by atoms with Gasteiger partial charge in [0, 0.05) is 0 Å². The molecule has 0 aliphatic carbocycles. The van der Waals surface area contributed by atoms with E-state index in [9.17, 15) is 13.2 Å². The molecule has 2 aromatic rings. The summed E-state index contributed by atoms with van der Waals surface area (Å²) in [5, 5.41) is 0. The van der Waals surface area contributed by atoms with Gasteiger partial charge in [0.25, 0.3) is 5.91 Å². The van der Waals surface area contributed by atoms with Gasteiger partial charge in [-0.25, -0.2) is 8.42 Å². The molecule has 0 spiro atoms. The molecule has 6 nitrogen and oxygen atoms in total. The van der Waals surface area contributed by atoms with Crippen molar-refractivity contribution in [2.75, 3.05) is 11.5 Å². The third-order valence-corrected chi connectivity index (χ3v) is 4.68. The average Bonchev–Trinajstić information content (AvgIpc) is 2.42. The number of primary amides is 1. The van der Waals surface area contributed by atoms with Crippen molar-refractivity contribution in [3.05, 3.63) is 48.0 Å². The van der Waals surface area contributed by atoms with Crippen molar-refractivity contribution in [3.8, 4) is 0 Å². The van der Waals surface area contributed by atoms with Crippen molar-refractivity contribution >= 4 is 27.1 Å². The number of hydrogen-bond donors (Lipinski definition) is 3. The predicted octanol–water partition coefficient (Wildman–Crippen LogP) is 0.783. The number of amides is 1. The maximum Gasteiger partial charge on any atom is 0.250 e. The largest absolute Gasteiger partial charge is 0.396 e. The van der Waals surface area contributed by atoms with Crippen molar-refractivity contribution in [1.29, 1.82) is 0 Å². The summed E-state index contributed by atoms with van der Waals surface area (Å²) in [5.41, 5.74) is 16.2. The molecule has 2 rings (SSSR count). The van der Waals surface area contributed by atoms with Gasteiger partial charge in [0.1, 0.15) is 0 Å². The van der Waals surface area contributed by atoms with E-state index in [0.717, 1.165) is 0 Å². The quantitative estimate of drug-likeness (QED) is 0.720. The Kier molecular flexibility index (Phi) is 3.37. The average molecular weight is 291 g/mol. The molecule has 0 saturated carbocycles. The van der Waals surface area contributed by atoms with Crippen LogP contribution in [0.5, 0.6) is 0 Å². The van der Waals surface area contributed by atoms with Crippen molar-refractivity contribution in [3.63, 3.8) is 0 Å². The molecular formula is C13H13N3O3S. The van der Waals surface area contributed by atoms with Crippen LogP contribution >= 0.6 is 0 Å². The van der Waals surface area contributed by atoms with Gasteiger partial charge in [-0.1, -0.05) is 18.2 Å². The van der Waals surface area contributed by atoms with Crippen LogP contribution in [0.25, 0.3) is 0 Å². The minimum Gasteiger partial charge on any atom is -0.396 e. The zero-order valence-corrected chi connectivity index (χ0v) is 11.2. The van der Waals surface area contributed by atoms with Crippen LogP contribution in [-0.4, -0.2) is 14.3 Å². The van der Waals surface area contributed by atoms with E-state index in [1.165, 1.54) is 24.3 Å². The first-order valence-corrected chi connectivity index (χ1v) is 7.12. The Morgan fingerprint density at radius 2 is 1.50 bits per heavy atom. The van der Waals surface area contributed by atoms with Crippen LogP contribution in [0.1, 0.15) is 10.4 Å². The van der Waals surface area contributed by atoms with Gasteiger partial charge in [0.05, 0.1) is 26.7 Å². The number of anilines is 2. The van der Waals surface area contributed by atoms with Gasteiger partial charge >= 0.3 is 0 Å². The lowest BCUT2D eigenvalue weighted by Crippen LogP contribution is -2.16. The molecule has 0 aliphatic rings. The fourth-order valence-corrected chi connectivity index (χ4v) is 3.21. The van der Waals surface area contributed by atoms with Gasteiger partial charge in [0.2, 0.25) is 9.84 Å². The Bertz CT molecular complexity index is 771. The molecule has 2 aromatic carbocycles. The number of nitrogens with two attached hydrogens (primary N) is 3. The van der Waals surface area contributed by atoms with Crippen molar-refractivity contribution in [2.24, 2.45) is 5.73 Å². The molecule has 0 fully saturated rings. The number of carbonyl (C=O) groups is 1. The van der Waals surface area contributed by atoms with Crippen molar-refractivity contribution in [1.82, 2.24) is 0 Å². The molecule has 7 heteroatoms. The first kappa shape index (κ1) is 13.9. The van der Waals surface area contributed by atoms with Crippen LogP contribution in [0.2, 0.25) is 0 Å². The van der Waals surface area contributed by atoms with E-state index in [-0.39, 0.29) is 26.7 Å². The second-order valence-corrected chi connectivity index (χ2v) is 6.04. The smallest absolute Gasteiger partial charge is 0.250 e. The summed E-state index contributed by atoms with van der Waals surface area (Å²) in [6, 6.07) is 10.3. The molecule has 1 amide bonds. The highest BCUT2D eigenvalue weighted by Crippen LogP contribution is 2.31. The summed E-state index contributed by atoms with van der Waals surface area (Å²) in [7, 11) is -3.79. The van der Waals surface area contributed by atoms with E-state index >= 15 is 0 Å². The van der Waals surface area contributed by atoms with Gasteiger partial charge in [-0.15, -0.1) is 0 Å². The SMILES string of the molecule is NC(=O)c1ccc(S(=O)(=O)c2ccccc2)c(N)c1N. The molecular weight excluding hydrogens is 278 g/mol. The molecule has 20 heavy (non-hydrogen) atoms. The van der Waals surface area contributed by atoms with Gasteiger partial charge < -0.3 is 17.2 Å². The van der Waals surface area contributed by atoms with E-state index in [4.69, 9.17) is 17.2 Å². The third kappa shape index (κ3) is 2.19. The maximum absolute atomic E-state index is 12.4. The Hall–Kier alpha value is -2.54. The van der Waals surface area contributed by atoms with Crippen LogP contribution in [0.15, 0.2) is 52.3 Å². The molecule has 0 aliphatic heterocycles. The molecule has 0 atom stereocenters. The predicted molar refractivity (Wildman–Crippen MR) is 75.7 cm³/mol. The zero-order chi connectivity index (χ0) is 14.9. The number of benzene rings is 2. The number of nitrogen functional groups attached to an aromatic ring is 2. The molecule has 0 radical (unpaired) electrons. The normalized spacial score (nSPS) is 11.2. The lowest BCUT2D eigenvalue weighted by molar-refractivity contribution is 0.100. The lowest BCUT2D eigenvalue weighted by Gasteiger charge is -2.11. The highest BCUT2D eigenvalue weighted by molar-refractivity contribution is 7.91. The number of carbonyl (C=O) groups excluding carboxylic acids is 1. The Morgan fingerprint density at radius 3 is 2.05 bits per heavy atom. The lowest BCUT2D eigenvalue weighted by atomic mass is 10.1. The molecule has 0 saturated heterocycles. The standard InChI is InChI=1S/C13H13N3O3S/c14-11-9(13(16)17)6-7-10(12(11)15)20(18,19)8-4-2-1-3-5-8/h1-7H,14-15H2,(H2,16,17). The molecule has 0 heterocycles. The first-order valence-electron chi connectivity index (χ1n) is 5.63. The summed E-state index contributed by atoms with van der Waals surface area (Å²) >= 11 is 0. The van der Waals surface area contributed by atoms with E-state index in [1.807, 2.05) is 0 Å². The van der Waals surface area contributed by atoms with Crippen LogP contribution in [0.3, 0.4) is 0 Å². The van der Waals surface area contributed by atoms with Gasteiger partial charge in [0.15, 0.2) is 0 Å². The summed E-state index contributed by atoms with van der Waals surface area (Å²) in [4.78, 5) is 11.1.